The Morgan fingerprint density at radius 2 is 0.818 bits per heavy atom. The lowest BCUT2D eigenvalue weighted by Gasteiger charge is -2.24. The predicted octanol–water partition coefficient (Wildman–Crippen LogP) is 18.0. The molecule has 0 aliphatic carbocycles. The summed E-state index contributed by atoms with van der Waals surface area (Å²) in [5, 5.41) is 23.9. The van der Waals surface area contributed by atoms with Crippen molar-refractivity contribution < 1.29 is 24.5 Å². The third kappa shape index (κ3) is 48.5. The van der Waals surface area contributed by atoms with Crippen LogP contribution >= 0.6 is 0 Å². The first-order valence-electron chi connectivity index (χ1n) is 29.2. The molecule has 66 heavy (non-hydrogen) atoms. The van der Waals surface area contributed by atoms with Gasteiger partial charge in [-0.05, 0) is 44.9 Å². The van der Waals surface area contributed by atoms with Crippen LogP contribution in [0.3, 0.4) is 0 Å². The summed E-state index contributed by atoms with van der Waals surface area (Å²) in [6, 6.07) is -0.702. The van der Waals surface area contributed by atoms with Gasteiger partial charge in [-0.2, -0.15) is 0 Å². The minimum absolute atomic E-state index is 0.0775. The van der Waals surface area contributed by atoms with Crippen molar-refractivity contribution in [3.05, 3.63) is 36.5 Å². The van der Waals surface area contributed by atoms with Gasteiger partial charge in [-0.25, -0.2) is 0 Å². The molecule has 388 valence electrons. The smallest absolute Gasteiger partial charge is 0.306 e. The number of hydrogen-bond acceptors (Lipinski definition) is 5. The number of rotatable bonds is 53. The van der Waals surface area contributed by atoms with Crippen molar-refractivity contribution in [3.63, 3.8) is 0 Å². The Hall–Kier alpha value is -1.92. The van der Waals surface area contributed by atoms with Crippen LogP contribution in [0, 0.1) is 0 Å². The summed E-state index contributed by atoms with van der Waals surface area (Å²) in [4.78, 5) is 26.3. The second kappa shape index (κ2) is 54.0. The lowest BCUT2D eigenvalue weighted by molar-refractivity contribution is -0.151. The van der Waals surface area contributed by atoms with Crippen molar-refractivity contribution in [2.45, 2.75) is 328 Å². The largest absolute Gasteiger partial charge is 0.462 e. The number of aliphatic hydroxyl groups excluding tert-OH is 2. The minimum Gasteiger partial charge on any atom is -0.462 e. The number of amides is 1. The van der Waals surface area contributed by atoms with Gasteiger partial charge in [0.15, 0.2) is 0 Å². The Bertz CT molecular complexity index is 1090. The van der Waals surface area contributed by atoms with Crippen LogP contribution in [-0.2, 0) is 14.3 Å². The van der Waals surface area contributed by atoms with Crippen molar-refractivity contribution >= 4 is 11.9 Å². The SMILES string of the molecule is CC/C=C/C=C/C=C/CCCCCCCCCC(=O)OC(CCCCCCCCCCCCCCCCC)CC(=O)NC(CO)C(O)CCCCCCCCCCCCCCCCCCC. The molecule has 0 aromatic rings. The molecule has 3 N–H and O–H groups in total. The molecule has 0 saturated carbocycles. The third-order valence-electron chi connectivity index (χ3n) is 13.5. The van der Waals surface area contributed by atoms with Crippen LogP contribution in [0.25, 0.3) is 0 Å². The van der Waals surface area contributed by atoms with Crippen LogP contribution in [0.15, 0.2) is 36.5 Å². The van der Waals surface area contributed by atoms with E-state index in [0.29, 0.717) is 19.3 Å². The zero-order valence-electron chi connectivity index (χ0n) is 44.3. The summed E-state index contributed by atoms with van der Waals surface area (Å²) in [7, 11) is 0. The van der Waals surface area contributed by atoms with Gasteiger partial charge in [0, 0.05) is 6.42 Å². The van der Waals surface area contributed by atoms with E-state index >= 15 is 0 Å². The quantitative estimate of drug-likeness (QED) is 0.0321. The standard InChI is InChI=1S/C60H113NO5/c1-4-7-10-13-16-19-22-25-28-29-32-34-37-40-43-46-49-52-58(63)57(55-62)61-59(64)54-56(51-48-45-42-39-36-33-30-26-23-20-17-14-11-8-5-2)66-60(65)53-50-47-44-41-38-35-31-27-24-21-18-15-12-9-6-3/h9,12,15,18,21,24,56-58,62-63H,4-8,10-11,13-14,16-17,19-20,22-23,25-55H2,1-3H3,(H,61,64)/b12-9+,18-15+,24-21+. The lowest BCUT2D eigenvalue weighted by atomic mass is 10.0. The highest BCUT2D eigenvalue weighted by Crippen LogP contribution is 2.19. The molecule has 0 aliphatic rings. The molecule has 0 spiro atoms. The Morgan fingerprint density at radius 3 is 1.23 bits per heavy atom. The maximum Gasteiger partial charge on any atom is 0.306 e. The topological polar surface area (TPSA) is 95.9 Å². The number of carbonyl (C=O) groups is 2. The molecule has 6 nitrogen and oxygen atoms in total. The number of hydrogen-bond donors (Lipinski definition) is 3. The van der Waals surface area contributed by atoms with Crippen molar-refractivity contribution in [1.29, 1.82) is 0 Å². The second-order valence-electron chi connectivity index (χ2n) is 20.1. The Balaban J connectivity index is 4.51. The maximum absolute atomic E-state index is 13.3. The van der Waals surface area contributed by atoms with E-state index in [2.05, 4.69) is 62.5 Å². The van der Waals surface area contributed by atoms with E-state index in [1.165, 1.54) is 205 Å². The van der Waals surface area contributed by atoms with Crippen molar-refractivity contribution in [1.82, 2.24) is 5.32 Å². The number of ether oxygens (including phenoxy) is 1. The summed E-state index contributed by atoms with van der Waals surface area (Å²) in [6.45, 7) is 6.40. The Labute approximate surface area is 411 Å². The van der Waals surface area contributed by atoms with Crippen LogP contribution in [0.5, 0.6) is 0 Å². The van der Waals surface area contributed by atoms with Gasteiger partial charge in [-0.1, -0.05) is 288 Å². The fourth-order valence-corrected chi connectivity index (χ4v) is 9.14. The highest BCUT2D eigenvalue weighted by atomic mass is 16.5. The van der Waals surface area contributed by atoms with E-state index in [1.54, 1.807) is 0 Å². The average molecular weight is 929 g/mol. The average Bonchev–Trinajstić information content (AvgIpc) is 3.31. The lowest BCUT2D eigenvalue weighted by Crippen LogP contribution is -2.46. The van der Waals surface area contributed by atoms with Gasteiger partial charge in [-0.15, -0.1) is 0 Å². The zero-order chi connectivity index (χ0) is 48.1. The molecule has 1 amide bonds. The maximum atomic E-state index is 13.3. The molecule has 0 aromatic carbocycles. The van der Waals surface area contributed by atoms with E-state index in [4.69, 9.17) is 4.74 Å². The van der Waals surface area contributed by atoms with Gasteiger partial charge in [0.1, 0.15) is 6.10 Å². The number of carbonyl (C=O) groups excluding carboxylic acids is 2. The number of esters is 1. The first kappa shape index (κ1) is 64.1. The van der Waals surface area contributed by atoms with Gasteiger partial charge in [0.25, 0.3) is 0 Å². The van der Waals surface area contributed by atoms with Crippen LogP contribution in [0.4, 0.5) is 0 Å². The molecule has 0 fully saturated rings. The molecular weight excluding hydrogens is 815 g/mol. The summed E-state index contributed by atoms with van der Waals surface area (Å²) < 4.78 is 5.96. The molecule has 0 aromatic heterocycles. The van der Waals surface area contributed by atoms with E-state index in [0.717, 1.165) is 57.8 Å². The molecule has 0 radical (unpaired) electrons. The van der Waals surface area contributed by atoms with E-state index in [1.807, 2.05) is 0 Å². The van der Waals surface area contributed by atoms with Crippen LogP contribution in [0.1, 0.15) is 310 Å². The van der Waals surface area contributed by atoms with E-state index < -0.39 is 18.2 Å². The highest BCUT2D eigenvalue weighted by molar-refractivity contribution is 5.77. The minimum atomic E-state index is -0.788. The second-order valence-corrected chi connectivity index (χ2v) is 20.1. The van der Waals surface area contributed by atoms with Gasteiger partial charge < -0.3 is 20.3 Å². The zero-order valence-corrected chi connectivity index (χ0v) is 44.3. The number of aliphatic hydroxyl groups is 2. The van der Waals surface area contributed by atoms with Crippen LogP contribution in [-0.4, -0.2) is 46.9 Å². The van der Waals surface area contributed by atoms with Gasteiger partial charge in [0.05, 0.1) is 25.2 Å². The molecule has 0 heterocycles. The molecule has 6 heteroatoms. The number of nitrogens with one attached hydrogen (secondary N) is 1. The first-order chi connectivity index (χ1) is 32.5. The molecule has 0 rings (SSSR count). The normalized spacial score (nSPS) is 13.3. The molecule has 3 unspecified atom stereocenters. The number of unbranched alkanes of at least 4 members (excludes halogenated alkanes) is 37. The predicted molar refractivity (Wildman–Crippen MR) is 287 cm³/mol. The fraction of sp³-hybridized carbons (Fsp3) is 0.867. The van der Waals surface area contributed by atoms with Crippen molar-refractivity contribution in [2.75, 3.05) is 6.61 Å². The van der Waals surface area contributed by atoms with Crippen molar-refractivity contribution in [3.8, 4) is 0 Å². The highest BCUT2D eigenvalue weighted by Gasteiger charge is 2.24. The molecular formula is C60H113NO5. The van der Waals surface area contributed by atoms with Gasteiger partial charge in [-0.3, -0.25) is 9.59 Å². The fourth-order valence-electron chi connectivity index (χ4n) is 9.14. The molecule has 3 atom stereocenters. The van der Waals surface area contributed by atoms with E-state index in [9.17, 15) is 19.8 Å². The Morgan fingerprint density at radius 1 is 0.455 bits per heavy atom. The van der Waals surface area contributed by atoms with E-state index in [-0.39, 0.29) is 24.9 Å². The summed E-state index contributed by atoms with van der Waals surface area (Å²) in [5.41, 5.74) is 0. The molecule has 0 aliphatic heterocycles. The molecule has 0 bridgehead atoms. The molecule has 0 saturated heterocycles. The summed E-state index contributed by atoms with van der Waals surface area (Å²) in [6.07, 6.45) is 64.9. The monoisotopic (exact) mass is 928 g/mol. The summed E-state index contributed by atoms with van der Waals surface area (Å²) in [5.74, 6) is -0.470. The number of allylic oxidation sites excluding steroid dienone is 6. The van der Waals surface area contributed by atoms with Gasteiger partial charge >= 0.3 is 5.97 Å². The Kier molecular flexibility index (Phi) is 52.5. The van der Waals surface area contributed by atoms with Crippen molar-refractivity contribution in [2.24, 2.45) is 0 Å². The van der Waals surface area contributed by atoms with Gasteiger partial charge in [0.2, 0.25) is 5.91 Å². The first-order valence-corrected chi connectivity index (χ1v) is 29.2. The third-order valence-corrected chi connectivity index (χ3v) is 13.5. The van der Waals surface area contributed by atoms with Crippen LogP contribution in [0.2, 0.25) is 0 Å². The summed E-state index contributed by atoms with van der Waals surface area (Å²) >= 11 is 0. The van der Waals surface area contributed by atoms with Crippen LogP contribution < -0.4 is 5.32 Å².